The van der Waals surface area contributed by atoms with Gasteiger partial charge in [-0.15, -0.1) is 0 Å². The zero-order valence-corrected chi connectivity index (χ0v) is 23.7. The monoisotopic (exact) mass is 535 g/mol. The minimum atomic E-state index is -0.761. The highest BCUT2D eigenvalue weighted by Gasteiger charge is 2.19. The van der Waals surface area contributed by atoms with Crippen LogP contribution in [0.2, 0.25) is 0 Å². The fraction of sp³-hybridized carbons (Fsp3) is 0.438. The molecule has 7 heteroatoms. The van der Waals surface area contributed by atoms with Crippen molar-refractivity contribution in [1.82, 2.24) is 15.6 Å². The normalized spacial score (nSPS) is 13.5. The molecule has 0 saturated carbocycles. The van der Waals surface area contributed by atoms with Crippen LogP contribution < -0.4 is 10.6 Å². The van der Waals surface area contributed by atoms with Crippen LogP contribution in [0.1, 0.15) is 82.5 Å². The Bertz CT molecular complexity index is 980. The van der Waals surface area contributed by atoms with Crippen LogP contribution in [0, 0.1) is 0 Å². The van der Waals surface area contributed by atoms with Gasteiger partial charge in [0.05, 0.1) is 12.1 Å². The first kappa shape index (κ1) is 33.3. The molecule has 0 unspecified atom stereocenters. The van der Waals surface area contributed by atoms with Gasteiger partial charge in [0.15, 0.2) is 0 Å². The van der Waals surface area contributed by atoms with Crippen molar-refractivity contribution in [3.05, 3.63) is 90.9 Å². The minimum Gasteiger partial charge on any atom is -0.459 e. The average molecular weight is 536 g/mol. The van der Waals surface area contributed by atoms with Gasteiger partial charge in [0.2, 0.25) is 5.91 Å². The number of pyridine rings is 1. The summed E-state index contributed by atoms with van der Waals surface area (Å²) in [4.78, 5) is 40.3. The summed E-state index contributed by atoms with van der Waals surface area (Å²) in [6.07, 6.45) is 30.8. The van der Waals surface area contributed by atoms with Crippen LogP contribution in [-0.2, 0) is 14.3 Å². The average Bonchev–Trinajstić information content (AvgIpc) is 2.93. The molecule has 0 aromatic carbocycles. The molecule has 0 bridgehead atoms. The van der Waals surface area contributed by atoms with E-state index in [1.165, 1.54) is 6.20 Å². The number of ether oxygens (including phenoxy) is 1. The third-order valence-corrected chi connectivity index (χ3v) is 5.45. The van der Waals surface area contributed by atoms with E-state index >= 15 is 0 Å². The van der Waals surface area contributed by atoms with Crippen LogP contribution in [0.4, 0.5) is 0 Å². The van der Waals surface area contributed by atoms with E-state index in [0.29, 0.717) is 18.4 Å². The fourth-order valence-electron chi connectivity index (χ4n) is 3.30. The second-order valence-electron chi connectivity index (χ2n) is 9.09. The zero-order valence-electron chi connectivity index (χ0n) is 23.7. The van der Waals surface area contributed by atoms with E-state index in [0.717, 1.165) is 38.5 Å². The van der Waals surface area contributed by atoms with Crippen LogP contribution in [0.25, 0.3) is 0 Å². The highest BCUT2D eigenvalue weighted by atomic mass is 16.5. The van der Waals surface area contributed by atoms with Gasteiger partial charge in [0, 0.05) is 18.8 Å². The van der Waals surface area contributed by atoms with Crippen LogP contribution in [-0.4, -0.2) is 41.5 Å². The molecule has 2 N–H and O–H groups in total. The zero-order chi connectivity index (χ0) is 28.6. The summed E-state index contributed by atoms with van der Waals surface area (Å²) in [5.74, 6) is -1.02. The van der Waals surface area contributed by atoms with Crippen LogP contribution in [0.15, 0.2) is 85.3 Å². The maximum absolute atomic E-state index is 12.3. The first-order chi connectivity index (χ1) is 18.9. The van der Waals surface area contributed by atoms with Crippen LogP contribution >= 0.6 is 0 Å². The van der Waals surface area contributed by atoms with Crippen molar-refractivity contribution < 1.29 is 19.1 Å². The molecule has 1 aromatic heterocycles. The lowest BCUT2D eigenvalue weighted by atomic mass is 10.2. The molecule has 0 aliphatic rings. The fourth-order valence-corrected chi connectivity index (χ4v) is 3.30. The van der Waals surface area contributed by atoms with Gasteiger partial charge in [0.1, 0.15) is 12.1 Å². The first-order valence-corrected chi connectivity index (χ1v) is 13.9. The first-order valence-electron chi connectivity index (χ1n) is 13.9. The Morgan fingerprint density at radius 1 is 0.897 bits per heavy atom. The predicted molar refractivity (Wildman–Crippen MR) is 158 cm³/mol. The Kier molecular flexibility index (Phi) is 19.0. The summed E-state index contributed by atoms with van der Waals surface area (Å²) in [6, 6.07) is 2.56. The van der Waals surface area contributed by atoms with Crippen molar-refractivity contribution in [1.29, 1.82) is 0 Å². The number of aromatic nitrogens is 1. The lowest BCUT2D eigenvalue weighted by molar-refractivity contribution is -0.151. The molecule has 0 aliphatic heterocycles. The van der Waals surface area contributed by atoms with Gasteiger partial charge < -0.3 is 15.4 Å². The van der Waals surface area contributed by atoms with Crippen LogP contribution in [0.5, 0.6) is 0 Å². The van der Waals surface area contributed by atoms with Crippen molar-refractivity contribution >= 4 is 17.8 Å². The van der Waals surface area contributed by atoms with E-state index < -0.39 is 18.1 Å². The second-order valence-corrected chi connectivity index (χ2v) is 9.09. The van der Waals surface area contributed by atoms with Crippen molar-refractivity contribution in [3.8, 4) is 0 Å². The van der Waals surface area contributed by atoms with Crippen molar-refractivity contribution in [2.45, 2.75) is 84.3 Å². The molecule has 2 atom stereocenters. The van der Waals surface area contributed by atoms with E-state index in [4.69, 9.17) is 4.74 Å². The van der Waals surface area contributed by atoms with Gasteiger partial charge in [-0.3, -0.25) is 14.6 Å². The molecule has 0 spiro atoms. The SMILES string of the molecule is CC/C=C\C/C=C\C/C=C\C/C=C\C/C=C\CCCC(=O)N[C@@H](C)C(=O)O[C@H](C)CNC(=O)c1cccnc1. The van der Waals surface area contributed by atoms with Crippen molar-refractivity contribution in [3.63, 3.8) is 0 Å². The largest absolute Gasteiger partial charge is 0.459 e. The Hall–Kier alpha value is -3.74. The molecule has 39 heavy (non-hydrogen) atoms. The molecule has 0 aliphatic carbocycles. The summed E-state index contributed by atoms with van der Waals surface area (Å²) in [7, 11) is 0. The van der Waals surface area contributed by atoms with Crippen molar-refractivity contribution in [2.24, 2.45) is 0 Å². The number of nitrogens with one attached hydrogen (secondary N) is 2. The summed E-state index contributed by atoms with van der Waals surface area (Å²) in [5, 5.41) is 5.37. The third-order valence-electron chi connectivity index (χ3n) is 5.45. The Balaban J connectivity index is 2.10. The van der Waals surface area contributed by atoms with Gasteiger partial charge in [-0.05, 0) is 70.9 Å². The van der Waals surface area contributed by atoms with Gasteiger partial charge >= 0.3 is 5.97 Å². The number of carbonyl (C=O) groups excluding carboxylic acids is 3. The highest BCUT2D eigenvalue weighted by molar-refractivity contribution is 5.93. The minimum absolute atomic E-state index is 0.160. The number of carbonyl (C=O) groups is 3. The van der Waals surface area contributed by atoms with Crippen LogP contribution in [0.3, 0.4) is 0 Å². The van der Waals surface area contributed by atoms with Gasteiger partial charge in [-0.1, -0.05) is 67.7 Å². The summed E-state index contributed by atoms with van der Waals surface area (Å²) < 4.78 is 5.33. The molecular formula is C32H45N3O4. The van der Waals surface area contributed by atoms with E-state index in [-0.39, 0.29) is 18.4 Å². The smallest absolute Gasteiger partial charge is 0.328 e. The predicted octanol–water partition coefficient (Wildman–Crippen LogP) is 6.17. The number of hydrogen-bond acceptors (Lipinski definition) is 5. The molecule has 1 rings (SSSR count). The number of nitrogens with zero attached hydrogens (tertiary/aromatic N) is 1. The Morgan fingerprint density at radius 2 is 1.49 bits per heavy atom. The summed E-state index contributed by atoms with van der Waals surface area (Å²) in [6.45, 7) is 5.57. The lowest BCUT2D eigenvalue weighted by Gasteiger charge is -2.18. The second kappa shape index (κ2) is 22.3. The Labute approximate surface area is 234 Å². The maximum atomic E-state index is 12.3. The topological polar surface area (TPSA) is 97.4 Å². The van der Waals surface area contributed by atoms with E-state index in [1.807, 2.05) is 0 Å². The van der Waals surface area contributed by atoms with Crippen molar-refractivity contribution in [2.75, 3.05) is 6.54 Å². The van der Waals surface area contributed by atoms with E-state index in [1.54, 1.807) is 32.2 Å². The van der Waals surface area contributed by atoms with E-state index in [2.05, 4.69) is 83.3 Å². The molecule has 1 heterocycles. The summed E-state index contributed by atoms with van der Waals surface area (Å²) >= 11 is 0. The molecule has 0 fully saturated rings. The molecule has 0 saturated heterocycles. The Morgan fingerprint density at radius 3 is 2.05 bits per heavy atom. The molecule has 0 radical (unpaired) electrons. The maximum Gasteiger partial charge on any atom is 0.328 e. The molecule has 7 nitrogen and oxygen atoms in total. The number of esters is 1. The number of allylic oxidation sites excluding steroid dienone is 10. The summed E-state index contributed by atoms with van der Waals surface area (Å²) in [5.41, 5.74) is 0.432. The third kappa shape index (κ3) is 18.2. The van der Waals surface area contributed by atoms with E-state index in [9.17, 15) is 14.4 Å². The standard InChI is InChI=1S/C32H45N3O4/c1-4-5-6-7-8-9-10-11-12-13-14-15-16-17-18-19-20-23-30(36)35-28(3)32(38)39-27(2)25-34-31(37)29-22-21-24-33-26-29/h5-6,8-9,11-12,14-15,17-18,21-22,24,26-28H,4,7,10,13,16,19-20,23,25H2,1-3H3,(H,34,37)(H,35,36)/b6-5-,9-8-,12-11-,15-14-,18-17-/t27-,28+/m1/s1. The number of unbranched alkanes of at least 4 members (excludes halogenated alkanes) is 1. The molecular weight excluding hydrogens is 490 g/mol. The van der Waals surface area contributed by atoms with Gasteiger partial charge in [-0.2, -0.15) is 0 Å². The number of hydrogen-bond donors (Lipinski definition) is 2. The number of amides is 2. The van der Waals surface area contributed by atoms with Gasteiger partial charge in [-0.25, -0.2) is 4.79 Å². The molecule has 2 amide bonds. The lowest BCUT2D eigenvalue weighted by Crippen LogP contribution is -2.42. The molecule has 212 valence electrons. The van der Waals surface area contributed by atoms with Gasteiger partial charge in [0.25, 0.3) is 5.91 Å². The quantitative estimate of drug-likeness (QED) is 0.125. The highest BCUT2D eigenvalue weighted by Crippen LogP contribution is 2.02. The molecule has 1 aromatic rings. The number of rotatable bonds is 19.